The zero-order chi connectivity index (χ0) is 18.5. The summed E-state index contributed by atoms with van der Waals surface area (Å²) in [4.78, 5) is 16.0. The Morgan fingerprint density at radius 2 is 1.77 bits per heavy atom. The lowest BCUT2D eigenvalue weighted by Gasteiger charge is -2.08. The molecule has 4 nitrogen and oxygen atoms in total. The molecule has 0 N–H and O–H groups in total. The Bertz CT molecular complexity index is 909. The van der Waals surface area contributed by atoms with Gasteiger partial charge in [0.1, 0.15) is 41.4 Å². The summed E-state index contributed by atoms with van der Waals surface area (Å²) in [6.07, 6.45) is 0. The lowest BCUT2D eigenvalue weighted by Crippen LogP contribution is -2.03. The Balaban J connectivity index is 1.59. The third-order valence-electron chi connectivity index (χ3n) is 3.47. The highest BCUT2D eigenvalue weighted by Crippen LogP contribution is 2.22. The van der Waals surface area contributed by atoms with Gasteiger partial charge in [0.2, 0.25) is 0 Å². The molecule has 3 aromatic rings. The molecule has 0 bridgehead atoms. The summed E-state index contributed by atoms with van der Waals surface area (Å²) in [5.41, 5.74) is 0.867. The van der Waals surface area contributed by atoms with Crippen LogP contribution in [0.3, 0.4) is 0 Å². The minimum atomic E-state index is -0.489. The van der Waals surface area contributed by atoms with E-state index in [0.717, 1.165) is 11.1 Å². The second-order valence-corrected chi connectivity index (χ2v) is 6.40. The van der Waals surface area contributed by atoms with Gasteiger partial charge in [-0.3, -0.25) is 4.79 Å². The molecule has 0 atom stereocenters. The fourth-order valence-corrected chi connectivity index (χ4v) is 2.90. The van der Waals surface area contributed by atoms with Crippen molar-refractivity contribution in [1.29, 1.82) is 0 Å². The smallest absolute Gasteiger partial charge is 0.163 e. The number of Topliss-reactive ketones (excluding diaryl/α,β-unsaturated/α-hetero) is 1. The van der Waals surface area contributed by atoms with Crippen molar-refractivity contribution in [1.82, 2.24) is 4.98 Å². The van der Waals surface area contributed by atoms with Gasteiger partial charge in [-0.05, 0) is 49.4 Å². The number of carbonyl (C=O) groups is 1. The number of carbonyl (C=O) groups excluding carboxylic acids is 1. The number of ketones is 1. The van der Waals surface area contributed by atoms with E-state index >= 15 is 0 Å². The number of ether oxygens (including phenoxy) is 2. The first-order valence-electron chi connectivity index (χ1n) is 7.76. The molecule has 0 aliphatic carbocycles. The largest absolute Gasteiger partial charge is 0.487 e. The Hall–Kier alpha value is -2.80. The van der Waals surface area contributed by atoms with Crippen molar-refractivity contribution in [3.63, 3.8) is 0 Å². The lowest BCUT2D eigenvalue weighted by atomic mass is 10.1. The van der Waals surface area contributed by atoms with Gasteiger partial charge < -0.3 is 9.47 Å². The van der Waals surface area contributed by atoms with Crippen LogP contribution in [0.5, 0.6) is 11.5 Å². The molecule has 0 aliphatic heterocycles. The maximum Gasteiger partial charge on any atom is 0.163 e. The van der Waals surface area contributed by atoms with Gasteiger partial charge in [-0.1, -0.05) is 0 Å². The second kappa shape index (κ2) is 8.05. The van der Waals surface area contributed by atoms with E-state index in [1.807, 2.05) is 5.38 Å². The molecule has 0 aliphatic rings. The van der Waals surface area contributed by atoms with E-state index in [0.29, 0.717) is 17.2 Å². The van der Waals surface area contributed by atoms with Crippen LogP contribution in [0.4, 0.5) is 8.78 Å². The number of thiazole rings is 1. The first-order chi connectivity index (χ1) is 12.5. The van der Waals surface area contributed by atoms with E-state index < -0.39 is 5.82 Å². The zero-order valence-corrected chi connectivity index (χ0v) is 14.7. The van der Waals surface area contributed by atoms with Crippen molar-refractivity contribution in [2.45, 2.75) is 20.1 Å². The molecule has 1 aromatic heterocycles. The molecule has 0 unspecified atom stereocenters. The fraction of sp³-hybridized carbons (Fsp3) is 0.158. The van der Waals surface area contributed by atoms with Crippen LogP contribution in [0, 0.1) is 11.6 Å². The van der Waals surface area contributed by atoms with Crippen LogP contribution >= 0.6 is 11.3 Å². The Kier molecular flexibility index (Phi) is 5.58. The minimum Gasteiger partial charge on any atom is -0.487 e. The van der Waals surface area contributed by atoms with E-state index in [9.17, 15) is 13.6 Å². The molecule has 0 saturated carbocycles. The van der Waals surface area contributed by atoms with Gasteiger partial charge in [-0.2, -0.15) is 0 Å². The molecule has 0 spiro atoms. The third kappa shape index (κ3) is 4.64. The van der Waals surface area contributed by atoms with E-state index in [-0.39, 0.29) is 30.4 Å². The molecule has 3 rings (SSSR count). The summed E-state index contributed by atoms with van der Waals surface area (Å²) < 4.78 is 37.3. The van der Waals surface area contributed by atoms with E-state index in [1.54, 1.807) is 12.1 Å². The number of halogens is 2. The number of benzene rings is 2. The van der Waals surface area contributed by atoms with Crippen LogP contribution in [0.25, 0.3) is 0 Å². The highest BCUT2D eigenvalue weighted by atomic mass is 32.1. The van der Waals surface area contributed by atoms with Gasteiger partial charge in [0.15, 0.2) is 5.78 Å². The van der Waals surface area contributed by atoms with Crippen molar-refractivity contribution < 1.29 is 23.0 Å². The summed E-state index contributed by atoms with van der Waals surface area (Å²) in [6.45, 7) is 1.76. The summed E-state index contributed by atoms with van der Waals surface area (Å²) >= 11 is 1.40. The summed E-state index contributed by atoms with van der Waals surface area (Å²) in [6, 6.07) is 9.57. The van der Waals surface area contributed by atoms with Crippen molar-refractivity contribution in [2.24, 2.45) is 0 Å². The normalized spacial score (nSPS) is 10.6. The standard InChI is InChI=1S/C19H15F2NO3S/c1-12(23)17-8-14(21)4-7-18(17)25-9-15-11-26-19(22-15)10-24-16-5-2-13(20)3-6-16/h2-8,11H,9-10H2,1H3. The first kappa shape index (κ1) is 18.0. The van der Waals surface area contributed by atoms with Gasteiger partial charge >= 0.3 is 0 Å². The highest BCUT2D eigenvalue weighted by Gasteiger charge is 2.11. The fourth-order valence-electron chi connectivity index (χ4n) is 2.21. The average Bonchev–Trinajstić information content (AvgIpc) is 3.08. The number of hydrogen-bond acceptors (Lipinski definition) is 5. The van der Waals surface area contributed by atoms with Crippen molar-refractivity contribution >= 4 is 17.1 Å². The number of hydrogen-bond donors (Lipinski definition) is 0. The molecule has 1 heterocycles. The first-order valence-corrected chi connectivity index (χ1v) is 8.64. The Morgan fingerprint density at radius 3 is 2.50 bits per heavy atom. The minimum absolute atomic E-state index is 0.152. The predicted octanol–water partition coefficient (Wildman–Crippen LogP) is 4.78. The molecule has 0 amide bonds. The van der Waals surface area contributed by atoms with Crippen molar-refractivity contribution in [3.05, 3.63) is 75.7 Å². The molecular formula is C19H15F2NO3S. The molecule has 2 aromatic carbocycles. The van der Waals surface area contributed by atoms with Crippen LogP contribution in [-0.4, -0.2) is 10.8 Å². The molecule has 0 radical (unpaired) electrons. The van der Waals surface area contributed by atoms with Crippen LogP contribution in [-0.2, 0) is 13.2 Å². The third-order valence-corrected chi connectivity index (χ3v) is 4.34. The average molecular weight is 375 g/mol. The van der Waals surface area contributed by atoms with Gasteiger partial charge in [0, 0.05) is 5.38 Å². The topological polar surface area (TPSA) is 48.4 Å². The quantitative estimate of drug-likeness (QED) is 0.558. The molecule has 26 heavy (non-hydrogen) atoms. The summed E-state index contributed by atoms with van der Waals surface area (Å²) in [5, 5.41) is 2.55. The number of aromatic nitrogens is 1. The number of nitrogens with zero attached hydrogens (tertiary/aromatic N) is 1. The monoisotopic (exact) mass is 375 g/mol. The molecule has 0 fully saturated rings. The van der Waals surface area contributed by atoms with Gasteiger partial charge in [0.05, 0.1) is 11.3 Å². The van der Waals surface area contributed by atoms with E-state index in [4.69, 9.17) is 9.47 Å². The van der Waals surface area contributed by atoms with Crippen molar-refractivity contribution in [3.8, 4) is 11.5 Å². The van der Waals surface area contributed by atoms with E-state index in [2.05, 4.69) is 4.98 Å². The zero-order valence-electron chi connectivity index (χ0n) is 13.9. The highest BCUT2D eigenvalue weighted by molar-refractivity contribution is 7.09. The summed E-state index contributed by atoms with van der Waals surface area (Å²) in [7, 11) is 0. The van der Waals surface area contributed by atoms with Crippen molar-refractivity contribution in [2.75, 3.05) is 0 Å². The Labute approximate surface area is 153 Å². The van der Waals surface area contributed by atoms with Crippen LogP contribution in [0.1, 0.15) is 28.0 Å². The molecule has 7 heteroatoms. The predicted molar refractivity (Wildman–Crippen MR) is 93.6 cm³/mol. The van der Waals surface area contributed by atoms with Gasteiger partial charge in [-0.25, -0.2) is 13.8 Å². The SMILES string of the molecule is CC(=O)c1cc(F)ccc1OCc1csc(COc2ccc(F)cc2)n1. The maximum atomic E-state index is 13.3. The summed E-state index contributed by atoms with van der Waals surface area (Å²) in [5.74, 6) is -0.216. The molecule has 134 valence electrons. The number of rotatable bonds is 7. The van der Waals surface area contributed by atoms with Crippen LogP contribution in [0.2, 0.25) is 0 Å². The molecule has 0 saturated heterocycles. The second-order valence-electron chi connectivity index (χ2n) is 5.46. The lowest BCUT2D eigenvalue weighted by molar-refractivity contribution is 0.101. The van der Waals surface area contributed by atoms with Gasteiger partial charge in [-0.15, -0.1) is 11.3 Å². The van der Waals surface area contributed by atoms with Gasteiger partial charge in [0.25, 0.3) is 0 Å². The Morgan fingerprint density at radius 1 is 1.04 bits per heavy atom. The molecular weight excluding hydrogens is 360 g/mol. The maximum absolute atomic E-state index is 13.3. The van der Waals surface area contributed by atoms with E-state index in [1.165, 1.54) is 42.5 Å². The van der Waals surface area contributed by atoms with Crippen LogP contribution < -0.4 is 9.47 Å². The van der Waals surface area contributed by atoms with Crippen LogP contribution in [0.15, 0.2) is 47.8 Å².